The number of rotatable bonds is 7. The average Bonchev–Trinajstić information content (AvgIpc) is 3.24. The standard InChI is InChI=1S/C21H25Cl2N3O3S/c1-25(2)30(28,29)15-9-10-19(23)17(13-15)21(27)24-14-20(26-11-5-6-12-26)16-7-3-4-8-18(16)22/h3-4,7-10,13,20H,5-6,11-12,14H2,1-2H3,(H,24,27). The molecule has 6 nitrogen and oxygen atoms in total. The van der Waals surface area contributed by atoms with Gasteiger partial charge in [0.1, 0.15) is 0 Å². The van der Waals surface area contributed by atoms with E-state index in [2.05, 4.69) is 10.2 Å². The quantitative estimate of drug-likeness (QED) is 0.668. The molecule has 1 unspecified atom stereocenters. The zero-order chi connectivity index (χ0) is 21.9. The Morgan fingerprint density at radius 3 is 2.40 bits per heavy atom. The number of nitrogens with zero attached hydrogens (tertiary/aromatic N) is 2. The van der Waals surface area contributed by atoms with E-state index in [4.69, 9.17) is 23.2 Å². The predicted octanol–water partition coefficient (Wildman–Crippen LogP) is 3.81. The zero-order valence-electron chi connectivity index (χ0n) is 16.9. The number of nitrogens with one attached hydrogen (secondary N) is 1. The lowest BCUT2D eigenvalue weighted by Gasteiger charge is -2.29. The van der Waals surface area contributed by atoms with Gasteiger partial charge in [-0.1, -0.05) is 41.4 Å². The Balaban J connectivity index is 1.83. The maximum absolute atomic E-state index is 12.9. The third-order valence-electron chi connectivity index (χ3n) is 5.26. The van der Waals surface area contributed by atoms with E-state index in [1.54, 1.807) is 0 Å². The third-order valence-corrected chi connectivity index (χ3v) is 7.75. The van der Waals surface area contributed by atoms with Crippen LogP contribution in [0.25, 0.3) is 0 Å². The molecule has 0 aromatic heterocycles. The molecule has 0 aliphatic carbocycles. The van der Waals surface area contributed by atoms with Gasteiger partial charge in [0.2, 0.25) is 10.0 Å². The largest absolute Gasteiger partial charge is 0.350 e. The number of likely N-dealkylation sites (tertiary alicyclic amines) is 1. The number of sulfonamides is 1. The van der Waals surface area contributed by atoms with Crippen LogP contribution in [0.3, 0.4) is 0 Å². The number of hydrogen-bond donors (Lipinski definition) is 1. The second-order valence-electron chi connectivity index (χ2n) is 7.42. The van der Waals surface area contributed by atoms with Crippen LogP contribution in [-0.4, -0.2) is 57.3 Å². The molecule has 0 spiro atoms. The van der Waals surface area contributed by atoms with E-state index in [9.17, 15) is 13.2 Å². The second-order valence-corrected chi connectivity index (χ2v) is 10.4. The van der Waals surface area contributed by atoms with Crippen LogP contribution in [0.5, 0.6) is 0 Å². The molecule has 1 N–H and O–H groups in total. The highest BCUT2D eigenvalue weighted by molar-refractivity contribution is 7.89. The van der Waals surface area contributed by atoms with Gasteiger partial charge in [0, 0.05) is 25.7 Å². The minimum Gasteiger partial charge on any atom is -0.350 e. The Morgan fingerprint density at radius 1 is 1.10 bits per heavy atom. The first-order valence-corrected chi connectivity index (χ1v) is 11.9. The summed E-state index contributed by atoms with van der Waals surface area (Å²) in [6.07, 6.45) is 2.20. The molecule has 1 aliphatic heterocycles. The average molecular weight is 470 g/mol. The summed E-state index contributed by atoms with van der Waals surface area (Å²) in [5.74, 6) is -0.424. The molecule has 1 heterocycles. The maximum atomic E-state index is 12.9. The highest BCUT2D eigenvalue weighted by atomic mass is 35.5. The molecule has 1 fully saturated rings. The van der Waals surface area contributed by atoms with Gasteiger partial charge in [-0.05, 0) is 55.8 Å². The van der Waals surface area contributed by atoms with Crippen LogP contribution in [0.15, 0.2) is 47.4 Å². The molecule has 0 saturated carbocycles. The van der Waals surface area contributed by atoms with Gasteiger partial charge in [0.05, 0.1) is 21.5 Å². The first-order valence-electron chi connectivity index (χ1n) is 9.70. The van der Waals surface area contributed by atoms with E-state index in [1.165, 1.54) is 32.3 Å². The van der Waals surface area contributed by atoms with Gasteiger partial charge >= 0.3 is 0 Å². The van der Waals surface area contributed by atoms with Crippen molar-refractivity contribution in [2.45, 2.75) is 23.8 Å². The monoisotopic (exact) mass is 469 g/mol. The van der Waals surface area contributed by atoms with Crippen molar-refractivity contribution in [3.05, 3.63) is 63.6 Å². The summed E-state index contributed by atoms with van der Waals surface area (Å²) in [7, 11) is -0.797. The number of carbonyl (C=O) groups excluding carboxylic acids is 1. The summed E-state index contributed by atoms with van der Waals surface area (Å²) < 4.78 is 25.9. The van der Waals surface area contributed by atoms with E-state index in [1.807, 2.05) is 24.3 Å². The fraction of sp³-hybridized carbons (Fsp3) is 0.381. The lowest BCUT2D eigenvalue weighted by Crippen LogP contribution is -2.37. The second kappa shape index (κ2) is 9.66. The molecule has 0 radical (unpaired) electrons. The molecule has 0 bridgehead atoms. The van der Waals surface area contributed by atoms with Crippen molar-refractivity contribution in [3.63, 3.8) is 0 Å². The molecule has 2 aromatic rings. The predicted molar refractivity (Wildman–Crippen MR) is 120 cm³/mol. The molecule has 1 saturated heterocycles. The molecule has 2 aromatic carbocycles. The molecular formula is C21H25Cl2N3O3S. The van der Waals surface area contributed by atoms with E-state index in [0.717, 1.165) is 35.8 Å². The van der Waals surface area contributed by atoms with Crippen LogP contribution in [0, 0.1) is 0 Å². The Kier molecular flexibility index (Phi) is 7.42. The van der Waals surface area contributed by atoms with Crippen molar-refractivity contribution < 1.29 is 13.2 Å². The van der Waals surface area contributed by atoms with Crippen LogP contribution in [0.4, 0.5) is 0 Å². The summed E-state index contributed by atoms with van der Waals surface area (Å²) in [4.78, 5) is 15.2. The highest BCUT2D eigenvalue weighted by Crippen LogP contribution is 2.30. The topological polar surface area (TPSA) is 69.7 Å². The molecule has 30 heavy (non-hydrogen) atoms. The summed E-state index contributed by atoms with van der Waals surface area (Å²) in [5, 5.41) is 3.77. The van der Waals surface area contributed by atoms with Gasteiger partial charge in [0.15, 0.2) is 0 Å². The minimum absolute atomic E-state index is 0.0178. The van der Waals surface area contributed by atoms with Gasteiger partial charge in [0.25, 0.3) is 5.91 Å². The lowest BCUT2D eigenvalue weighted by atomic mass is 10.0. The number of amides is 1. The van der Waals surface area contributed by atoms with Crippen LogP contribution in [0.1, 0.15) is 34.8 Å². The van der Waals surface area contributed by atoms with E-state index >= 15 is 0 Å². The first-order chi connectivity index (χ1) is 14.2. The number of benzene rings is 2. The van der Waals surface area contributed by atoms with Crippen molar-refractivity contribution in [2.75, 3.05) is 33.7 Å². The van der Waals surface area contributed by atoms with Crippen molar-refractivity contribution >= 4 is 39.1 Å². The normalized spacial score (nSPS) is 16.0. The molecule has 1 atom stereocenters. The summed E-state index contributed by atoms with van der Waals surface area (Å²) >= 11 is 12.6. The number of hydrogen-bond acceptors (Lipinski definition) is 4. The van der Waals surface area contributed by atoms with Crippen LogP contribution in [-0.2, 0) is 10.0 Å². The fourth-order valence-corrected chi connectivity index (χ4v) is 4.96. The summed E-state index contributed by atoms with van der Waals surface area (Å²) in [6.45, 7) is 2.20. The number of halogens is 2. The van der Waals surface area contributed by atoms with Gasteiger partial charge in [-0.2, -0.15) is 0 Å². The van der Waals surface area contributed by atoms with Gasteiger partial charge in [-0.25, -0.2) is 12.7 Å². The molecular weight excluding hydrogens is 445 g/mol. The lowest BCUT2D eigenvalue weighted by molar-refractivity contribution is 0.0938. The fourth-order valence-electron chi connectivity index (χ4n) is 3.57. The zero-order valence-corrected chi connectivity index (χ0v) is 19.3. The van der Waals surface area contributed by atoms with E-state index in [0.29, 0.717) is 11.6 Å². The van der Waals surface area contributed by atoms with Crippen molar-refractivity contribution in [2.24, 2.45) is 0 Å². The summed E-state index contributed by atoms with van der Waals surface area (Å²) in [6, 6.07) is 11.7. The third kappa shape index (κ3) is 4.98. The SMILES string of the molecule is CN(C)S(=O)(=O)c1ccc(Cl)c(C(=O)NCC(c2ccccc2Cl)N2CCCC2)c1. The van der Waals surface area contributed by atoms with E-state index in [-0.39, 0.29) is 21.5 Å². The molecule has 3 rings (SSSR count). The van der Waals surface area contributed by atoms with Crippen molar-refractivity contribution in [3.8, 4) is 0 Å². The molecule has 162 valence electrons. The van der Waals surface area contributed by atoms with Gasteiger partial charge in [-0.15, -0.1) is 0 Å². The molecule has 1 aliphatic rings. The number of carbonyl (C=O) groups is 1. The smallest absolute Gasteiger partial charge is 0.252 e. The van der Waals surface area contributed by atoms with Crippen LogP contribution in [0.2, 0.25) is 10.0 Å². The maximum Gasteiger partial charge on any atom is 0.252 e. The van der Waals surface area contributed by atoms with Crippen LogP contribution >= 0.6 is 23.2 Å². The van der Waals surface area contributed by atoms with E-state index < -0.39 is 15.9 Å². The molecule has 9 heteroatoms. The van der Waals surface area contributed by atoms with Gasteiger partial charge < -0.3 is 5.32 Å². The first kappa shape index (κ1) is 23.0. The Labute approximate surface area is 187 Å². The summed E-state index contributed by atoms with van der Waals surface area (Å²) in [5.41, 5.74) is 1.08. The Hall–Kier alpha value is -1.64. The Morgan fingerprint density at radius 2 is 1.77 bits per heavy atom. The van der Waals surface area contributed by atoms with Crippen molar-refractivity contribution in [1.82, 2.24) is 14.5 Å². The van der Waals surface area contributed by atoms with Gasteiger partial charge in [-0.3, -0.25) is 9.69 Å². The Bertz CT molecular complexity index is 1020. The van der Waals surface area contributed by atoms with Crippen molar-refractivity contribution in [1.29, 1.82) is 0 Å². The molecule has 1 amide bonds. The van der Waals surface area contributed by atoms with Crippen LogP contribution < -0.4 is 5.32 Å². The minimum atomic E-state index is -3.67. The highest BCUT2D eigenvalue weighted by Gasteiger charge is 2.26.